The Morgan fingerprint density at radius 2 is 1.85 bits per heavy atom. The number of imidazole rings is 1. The number of H-pyrrole nitrogens is 1. The van der Waals surface area contributed by atoms with Crippen LogP contribution >= 0.6 is 0 Å². The third-order valence-electron chi connectivity index (χ3n) is 2.94. The molecule has 0 fully saturated rings. The van der Waals surface area contributed by atoms with Gasteiger partial charge in [-0.05, 0) is 12.1 Å². The average molecular weight is 288 g/mol. The van der Waals surface area contributed by atoms with Gasteiger partial charge in [-0.3, -0.25) is 0 Å². The lowest BCUT2D eigenvalue weighted by Crippen LogP contribution is -2.14. The fourth-order valence-corrected chi connectivity index (χ4v) is 3.22. The van der Waals surface area contributed by atoms with Crippen molar-refractivity contribution in [2.24, 2.45) is 0 Å². The highest BCUT2D eigenvalue weighted by atomic mass is 32.2. The first-order valence-electron chi connectivity index (χ1n) is 5.87. The van der Waals surface area contributed by atoms with Crippen LogP contribution in [0.4, 0.5) is 11.6 Å². The molecular weight excluding hydrogens is 276 g/mol. The number of fused-ring (bicyclic) bond motifs is 1. The second-order valence-corrected chi connectivity index (χ2v) is 5.89. The molecular formula is C13H12N4O2S. The summed E-state index contributed by atoms with van der Waals surface area (Å²) < 4.78 is 27.2. The van der Waals surface area contributed by atoms with Crippen molar-refractivity contribution in [3.8, 4) is 0 Å². The van der Waals surface area contributed by atoms with Gasteiger partial charge in [0.1, 0.15) is 0 Å². The highest BCUT2D eigenvalue weighted by Crippen LogP contribution is 2.28. The highest BCUT2D eigenvalue weighted by Gasteiger charge is 2.19. The van der Waals surface area contributed by atoms with Crippen molar-refractivity contribution in [2.75, 3.05) is 10.5 Å². The number of rotatable bonds is 3. The molecule has 0 spiro atoms. The summed E-state index contributed by atoms with van der Waals surface area (Å²) in [6, 6.07) is 10.2. The Labute approximate surface area is 115 Å². The van der Waals surface area contributed by atoms with E-state index in [0.29, 0.717) is 16.5 Å². The zero-order chi connectivity index (χ0) is 14.2. The first kappa shape index (κ1) is 12.5. The number of nitrogens with two attached hydrogens (primary N) is 1. The van der Waals surface area contributed by atoms with Crippen LogP contribution in [0.15, 0.2) is 53.7 Å². The summed E-state index contributed by atoms with van der Waals surface area (Å²) in [5.41, 5.74) is 6.41. The number of aromatic nitrogens is 2. The maximum absolute atomic E-state index is 12.4. The molecule has 3 rings (SSSR count). The third-order valence-corrected chi connectivity index (χ3v) is 4.33. The topological polar surface area (TPSA) is 101 Å². The number of hydrogen-bond acceptors (Lipinski definition) is 4. The van der Waals surface area contributed by atoms with Crippen molar-refractivity contribution >= 4 is 32.4 Å². The van der Waals surface area contributed by atoms with E-state index in [-0.39, 0.29) is 10.8 Å². The van der Waals surface area contributed by atoms with Gasteiger partial charge < -0.3 is 10.7 Å². The van der Waals surface area contributed by atoms with Gasteiger partial charge >= 0.3 is 0 Å². The summed E-state index contributed by atoms with van der Waals surface area (Å²) in [5, 5.41) is 1.28. The van der Waals surface area contributed by atoms with Crippen LogP contribution in [-0.2, 0) is 10.0 Å². The lowest BCUT2D eigenvalue weighted by Gasteiger charge is -2.10. The quantitative estimate of drug-likeness (QED) is 0.641. The molecule has 0 unspecified atom stereocenters. The van der Waals surface area contributed by atoms with Crippen molar-refractivity contribution < 1.29 is 8.42 Å². The minimum atomic E-state index is -3.73. The number of anilines is 2. The predicted octanol–water partition coefficient (Wildman–Crippen LogP) is 1.95. The molecule has 1 aromatic heterocycles. The SMILES string of the molecule is Nc1ccc(S(=O)(=O)Nc2ncc[nH]2)c2ccccc12. The predicted molar refractivity (Wildman–Crippen MR) is 77.8 cm³/mol. The molecule has 102 valence electrons. The molecule has 3 aromatic rings. The molecule has 0 atom stereocenters. The molecule has 2 aromatic carbocycles. The number of sulfonamides is 1. The van der Waals surface area contributed by atoms with Crippen LogP contribution in [0.1, 0.15) is 0 Å². The molecule has 1 heterocycles. The van der Waals surface area contributed by atoms with Crippen molar-refractivity contribution in [1.29, 1.82) is 0 Å². The molecule has 0 aliphatic rings. The number of hydrogen-bond donors (Lipinski definition) is 3. The van der Waals surface area contributed by atoms with Crippen LogP contribution in [-0.4, -0.2) is 18.4 Å². The van der Waals surface area contributed by atoms with Gasteiger partial charge in [0, 0.05) is 28.9 Å². The van der Waals surface area contributed by atoms with E-state index in [2.05, 4.69) is 14.7 Å². The van der Waals surface area contributed by atoms with Crippen molar-refractivity contribution in [2.45, 2.75) is 4.90 Å². The van der Waals surface area contributed by atoms with E-state index in [1.807, 2.05) is 6.07 Å². The van der Waals surface area contributed by atoms with Crippen molar-refractivity contribution in [3.63, 3.8) is 0 Å². The zero-order valence-corrected chi connectivity index (χ0v) is 11.2. The van der Waals surface area contributed by atoms with Crippen LogP contribution in [0.3, 0.4) is 0 Å². The second-order valence-electron chi connectivity index (χ2n) is 4.24. The largest absolute Gasteiger partial charge is 0.398 e. The van der Waals surface area contributed by atoms with Crippen LogP contribution in [0.2, 0.25) is 0 Å². The van der Waals surface area contributed by atoms with Gasteiger partial charge in [-0.25, -0.2) is 18.1 Å². The van der Waals surface area contributed by atoms with Crippen LogP contribution < -0.4 is 10.5 Å². The summed E-state index contributed by atoms with van der Waals surface area (Å²) >= 11 is 0. The van der Waals surface area contributed by atoms with E-state index in [4.69, 9.17) is 5.73 Å². The molecule has 7 heteroatoms. The van der Waals surface area contributed by atoms with E-state index in [1.165, 1.54) is 12.3 Å². The van der Waals surface area contributed by atoms with E-state index >= 15 is 0 Å². The molecule has 0 aliphatic heterocycles. The van der Waals surface area contributed by atoms with Crippen molar-refractivity contribution in [3.05, 3.63) is 48.8 Å². The summed E-state index contributed by atoms with van der Waals surface area (Å²) in [7, 11) is -3.73. The van der Waals surface area contributed by atoms with Gasteiger partial charge in [-0.1, -0.05) is 24.3 Å². The molecule has 0 aliphatic carbocycles. The van der Waals surface area contributed by atoms with E-state index in [0.717, 1.165) is 0 Å². The fourth-order valence-electron chi connectivity index (χ4n) is 2.03. The average Bonchev–Trinajstić information content (AvgIpc) is 2.91. The number of nitrogens with zero attached hydrogens (tertiary/aromatic N) is 1. The smallest absolute Gasteiger partial charge is 0.264 e. The molecule has 0 saturated carbocycles. The fraction of sp³-hybridized carbons (Fsp3) is 0. The van der Waals surface area contributed by atoms with Gasteiger partial charge in [0.25, 0.3) is 10.0 Å². The molecule has 0 radical (unpaired) electrons. The minimum absolute atomic E-state index is 0.165. The number of nitrogen functional groups attached to an aromatic ring is 1. The summed E-state index contributed by atoms with van der Waals surface area (Å²) in [5.74, 6) is 0.172. The summed E-state index contributed by atoms with van der Waals surface area (Å²) in [6.45, 7) is 0. The Balaban J connectivity index is 2.17. The van der Waals surface area contributed by atoms with Gasteiger partial charge in [0.05, 0.1) is 4.90 Å². The number of nitrogens with one attached hydrogen (secondary N) is 2. The Morgan fingerprint density at radius 3 is 2.55 bits per heavy atom. The maximum atomic E-state index is 12.4. The maximum Gasteiger partial charge on any atom is 0.264 e. The van der Waals surface area contributed by atoms with Crippen LogP contribution in [0.5, 0.6) is 0 Å². The summed E-state index contributed by atoms with van der Waals surface area (Å²) in [4.78, 5) is 6.72. The Kier molecular flexibility index (Phi) is 2.83. The minimum Gasteiger partial charge on any atom is -0.398 e. The van der Waals surface area contributed by atoms with Gasteiger partial charge in [-0.2, -0.15) is 0 Å². The Morgan fingerprint density at radius 1 is 1.10 bits per heavy atom. The highest BCUT2D eigenvalue weighted by molar-refractivity contribution is 7.93. The van der Waals surface area contributed by atoms with Crippen LogP contribution in [0, 0.1) is 0 Å². The normalized spacial score (nSPS) is 11.6. The number of benzene rings is 2. The molecule has 0 saturated heterocycles. The van der Waals surface area contributed by atoms with Gasteiger partial charge in [-0.15, -0.1) is 0 Å². The van der Waals surface area contributed by atoms with E-state index in [9.17, 15) is 8.42 Å². The van der Waals surface area contributed by atoms with E-state index < -0.39 is 10.0 Å². The van der Waals surface area contributed by atoms with Crippen LogP contribution in [0.25, 0.3) is 10.8 Å². The first-order valence-corrected chi connectivity index (χ1v) is 7.36. The molecule has 0 bridgehead atoms. The summed E-state index contributed by atoms with van der Waals surface area (Å²) in [6.07, 6.45) is 3.01. The molecule has 0 amide bonds. The third kappa shape index (κ3) is 2.08. The monoisotopic (exact) mass is 288 g/mol. The van der Waals surface area contributed by atoms with Gasteiger partial charge in [0.2, 0.25) is 5.95 Å². The lowest BCUT2D eigenvalue weighted by molar-refractivity contribution is 0.601. The zero-order valence-electron chi connectivity index (χ0n) is 10.4. The Hall–Kier alpha value is -2.54. The molecule has 6 nitrogen and oxygen atoms in total. The van der Waals surface area contributed by atoms with Crippen molar-refractivity contribution in [1.82, 2.24) is 9.97 Å². The van der Waals surface area contributed by atoms with Gasteiger partial charge in [0.15, 0.2) is 0 Å². The second kappa shape index (κ2) is 4.53. The van der Waals surface area contributed by atoms with E-state index in [1.54, 1.807) is 30.5 Å². The Bertz CT molecular complexity index is 857. The molecule has 20 heavy (non-hydrogen) atoms. The number of aromatic amines is 1. The lowest BCUT2D eigenvalue weighted by atomic mass is 10.1. The first-order chi connectivity index (χ1) is 9.58. The molecule has 4 N–H and O–H groups in total. The standard InChI is InChI=1S/C13H12N4O2S/c14-11-5-6-12(10-4-2-1-3-9(10)11)20(18,19)17-13-15-7-8-16-13/h1-8H,14H2,(H2,15,16,17).